The van der Waals surface area contributed by atoms with E-state index in [1.165, 1.54) is 50.5 Å². The van der Waals surface area contributed by atoms with E-state index in [0.717, 1.165) is 47.7 Å². The number of carbonyl (C=O) groups excluding carboxylic acids is 1. The van der Waals surface area contributed by atoms with Crippen LogP contribution in [-0.2, 0) is 20.0 Å². The van der Waals surface area contributed by atoms with Gasteiger partial charge in [-0.15, -0.1) is 0 Å². The summed E-state index contributed by atoms with van der Waals surface area (Å²) in [6.45, 7) is 2.26. The summed E-state index contributed by atoms with van der Waals surface area (Å²) < 4.78 is 54.6. The van der Waals surface area contributed by atoms with Crippen molar-refractivity contribution in [3.63, 3.8) is 0 Å². The smallest absolute Gasteiger partial charge is 0.257 e. The summed E-state index contributed by atoms with van der Waals surface area (Å²) >= 11 is 1.16. The second-order valence-electron chi connectivity index (χ2n) is 8.91. The number of rotatable bonds is 8. The molecule has 36 heavy (non-hydrogen) atoms. The fourth-order valence-electron chi connectivity index (χ4n) is 4.41. The number of fused-ring (bicyclic) bond motifs is 1. The molecule has 1 aromatic heterocycles. The van der Waals surface area contributed by atoms with Crippen LogP contribution in [0.4, 0.5) is 5.13 Å². The minimum atomic E-state index is -3.65. The van der Waals surface area contributed by atoms with Gasteiger partial charge in [-0.1, -0.05) is 37.5 Å². The van der Waals surface area contributed by atoms with E-state index in [1.807, 2.05) is 6.92 Å². The molecular weight excluding hydrogens is 520 g/mol. The summed E-state index contributed by atoms with van der Waals surface area (Å²) in [5.74, 6) is -0.432. The Bertz CT molecular complexity index is 1460. The molecule has 0 spiro atoms. The molecule has 1 amide bonds. The Kier molecular flexibility index (Phi) is 7.81. The van der Waals surface area contributed by atoms with Crippen LogP contribution in [0, 0.1) is 0 Å². The highest BCUT2D eigenvalue weighted by Gasteiger charge is 2.31. The third kappa shape index (κ3) is 5.32. The van der Waals surface area contributed by atoms with Crippen molar-refractivity contribution in [2.75, 3.05) is 26.0 Å². The van der Waals surface area contributed by atoms with Crippen molar-refractivity contribution in [3.8, 4) is 0 Å². The van der Waals surface area contributed by atoms with E-state index in [9.17, 15) is 21.6 Å². The topological polar surface area (TPSA) is 117 Å². The van der Waals surface area contributed by atoms with Crippen LogP contribution < -0.4 is 5.32 Å². The van der Waals surface area contributed by atoms with Crippen LogP contribution in [-0.4, -0.2) is 63.0 Å². The lowest BCUT2D eigenvalue weighted by atomic mass is 9.95. The van der Waals surface area contributed by atoms with Gasteiger partial charge in [0.1, 0.15) is 0 Å². The van der Waals surface area contributed by atoms with E-state index >= 15 is 0 Å². The van der Waals surface area contributed by atoms with Gasteiger partial charge in [0.05, 0.1) is 20.0 Å². The van der Waals surface area contributed by atoms with E-state index < -0.39 is 26.0 Å². The van der Waals surface area contributed by atoms with E-state index in [2.05, 4.69) is 10.3 Å². The summed E-state index contributed by atoms with van der Waals surface area (Å²) in [6.07, 6.45) is 4.96. The monoisotopic (exact) mass is 550 g/mol. The number of sulfonamides is 2. The Morgan fingerprint density at radius 1 is 0.972 bits per heavy atom. The first kappa shape index (κ1) is 26.7. The van der Waals surface area contributed by atoms with E-state index in [1.54, 1.807) is 10.4 Å². The number of nitrogens with zero attached hydrogens (tertiary/aromatic N) is 3. The van der Waals surface area contributed by atoms with Gasteiger partial charge < -0.3 is 0 Å². The zero-order chi connectivity index (χ0) is 26.1. The Balaban J connectivity index is 1.50. The Hall–Kier alpha value is -2.38. The highest BCUT2D eigenvalue weighted by molar-refractivity contribution is 7.89. The van der Waals surface area contributed by atoms with Crippen molar-refractivity contribution in [1.82, 2.24) is 13.6 Å². The third-order valence-corrected chi connectivity index (χ3v) is 11.2. The normalized spacial score (nSPS) is 15.6. The van der Waals surface area contributed by atoms with Crippen molar-refractivity contribution in [1.29, 1.82) is 0 Å². The van der Waals surface area contributed by atoms with Crippen LogP contribution in [0.3, 0.4) is 0 Å². The highest BCUT2D eigenvalue weighted by Crippen LogP contribution is 2.30. The summed E-state index contributed by atoms with van der Waals surface area (Å²) in [6, 6.07) is 10.5. The number of nitrogens with one attached hydrogen (secondary N) is 1. The molecule has 2 aromatic carbocycles. The number of aromatic nitrogens is 1. The van der Waals surface area contributed by atoms with Crippen LogP contribution >= 0.6 is 11.3 Å². The average Bonchev–Trinajstić information content (AvgIpc) is 3.26. The van der Waals surface area contributed by atoms with Crippen molar-refractivity contribution >= 4 is 52.6 Å². The average molecular weight is 551 g/mol. The van der Waals surface area contributed by atoms with Crippen molar-refractivity contribution < 1.29 is 21.6 Å². The molecule has 12 heteroatoms. The number of thiazole rings is 1. The standard InChI is InChI=1S/C24H30N4O5S3/c1-4-28(18-8-6-5-7-9-18)36(32,33)19-12-10-17(11-13-19)23(29)26-24-25-21-15-14-20(16-22(21)34-24)35(30,31)27(2)3/h10-16,18H,4-9H2,1-3H3,(H,25,26,29). The molecule has 0 atom stereocenters. The molecule has 0 unspecified atom stereocenters. The Morgan fingerprint density at radius 2 is 1.61 bits per heavy atom. The molecule has 1 heterocycles. The summed E-state index contributed by atoms with van der Waals surface area (Å²) in [5.41, 5.74) is 0.863. The molecule has 194 valence electrons. The van der Waals surface area contributed by atoms with Gasteiger partial charge in [-0.25, -0.2) is 26.1 Å². The molecule has 1 saturated carbocycles. The molecule has 3 aromatic rings. The number of anilines is 1. The Morgan fingerprint density at radius 3 is 2.22 bits per heavy atom. The van der Waals surface area contributed by atoms with Gasteiger partial charge in [-0.2, -0.15) is 4.31 Å². The van der Waals surface area contributed by atoms with Gasteiger partial charge in [0.15, 0.2) is 5.13 Å². The van der Waals surface area contributed by atoms with Crippen molar-refractivity contribution in [2.45, 2.75) is 54.9 Å². The molecular formula is C24H30N4O5S3. The maximum atomic E-state index is 13.2. The van der Waals surface area contributed by atoms with Gasteiger partial charge in [0, 0.05) is 32.2 Å². The van der Waals surface area contributed by atoms with Crippen molar-refractivity contribution in [3.05, 3.63) is 48.0 Å². The van der Waals surface area contributed by atoms with Gasteiger partial charge in [-0.3, -0.25) is 10.1 Å². The zero-order valence-electron chi connectivity index (χ0n) is 20.5. The summed E-state index contributed by atoms with van der Waals surface area (Å²) in [4.78, 5) is 17.5. The number of hydrogen-bond donors (Lipinski definition) is 1. The zero-order valence-corrected chi connectivity index (χ0v) is 22.9. The largest absolute Gasteiger partial charge is 0.298 e. The number of hydrogen-bond acceptors (Lipinski definition) is 7. The van der Waals surface area contributed by atoms with Crippen LogP contribution in [0.15, 0.2) is 52.3 Å². The second-order valence-corrected chi connectivity index (χ2v) is 14.0. The van der Waals surface area contributed by atoms with Crippen LogP contribution in [0.2, 0.25) is 0 Å². The van der Waals surface area contributed by atoms with Crippen LogP contribution in [0.1, 0.15) is 49.4 Å². The molecule has 1 aliphatic carbocycles. The molecule has 1 fully saturated rings. The van der Waals surface area contributed by atoms with E-state index in [0.29, 0.717) is 27.5 Å². The third-order valence-electron chi connectivity index (χ3n) is 6.38. The molecule has 9 nitrogen and oxygen atoms in total. The molecule has 1 aliphatic rings. The lowest BCUT2D eigenvalue weighted by molar-refractivity contribution is 0.102. The van der Waals surface area contributed by atoms with Crippen LogP contribution in [0.25, 0.3) is 10.2 Å². The number of amides is 1. The predicted molar refractivity (Wildman–Crippen MR) is 141 cm³/mol. The van der Waals surface area contributed by atoms with E-state index in [4.69, 9.17) is 0 Å². The summed E-state index contributed by atoms with van der Waals surface area (Å²) in [5, 5.41) is 3.04. The predicted octanol–water partition coefficient (Wildman–Crippen LogP) is 4.14. The molecule has 0 saturated heterocycles. The fourth-order valence-corrected chi connectivity index (χ4v) is 8.00. The maximum absolute atomic E-state index is 13.2. The van der Waals surface area contributed by atoms with Gasteiger partial charge in [0.2, 0.25) is 20.0 Å². The molecule has 0 bridgehead atoms. The first-order valence-corrected chi connectivity index (χ1v) is 15.5. The molecule has 1 N–H and O–H groups in total. The quantitative estimate of drug-likeness (QED) is 0.451. The van der Waals surface area contributed by atoms with E-state index in [-0.39, 0.29) is 15.8 Å². The van der Waals surface area contributed by atoms with Gasteiger partial charge in [-0.05, 0) is 55.3 Å². The SMILES string of the molecule is CCN(C1CCCCC1)S(=O)(=O)c1ccc(C(=O)Nc2nc3ccc(S(=O)(=O)N(C)C)cc3s2)cc1. The molecule has 4 rings (SSSR count). The Labute approximate surface area is 216 Å². The lowest BCUT2D eigenvalue weighted by Gasteiger charge is -2.32. The van der Waals surface area contributed by atoms with Crippen molar-refractivity contribution in [2.24, 2.45) is 0 Å². The molecule has 0 radical (unpaired) electrons. The number of benzene rings is 2. The van der Waals surface area contributed by atoms with Gasteiger partial charge >= 0.3 is 0 Å². The first-order valence-electron chi connectivity index (χ1n) is 11.8. The summed E-state index contributed by atoms with van der Waals surface area (Å²) in [7, 11) is -4.31. The fraction of sp³-hybridized carbons (Fsp3) is 0.417. The minimum absolute atomic E-state index is 0.0176. The van der Waals surface area contributed by atoms with Gasteiger partial charge in [0.25, 0.3) is 5.91 Å². The number of carbonyl (C=O) groups is 1. The lowest BCUT2D eigenvalue weighted by Crippen LogP contribution is -2.41. The maximum Gasteiger partial charge on any atom is 0.257 e. The first-order chi connectivity index (χ1) is 17.0. The molecule has 0 aliphatic heterocycles. The highest BCUT2D eigenvalue weighted by atomic mass is 32.2. The minimum Gasteiger partial charge on any atom is -0.298 e. The second kappa shape index (κ2) is 10.5. The van der Waals surface area contributed by atoms with Crippen LogP contribution in [0.5, 0.6) is 0 Å².